The molecular weight excluding hydrogens is 364 g/mol. The Balaban J connectivity index is 1.49. The highest BCUT2D eigenvalue weighted by Crippen LogP contribution is 2.28. The van der Waals surface area contributed by atoms with Crippen LogP contribution in [-0.4, -0.2) is 38.6 Å². The first kappa shape index (κ1) is 17.8. The first-order chi connectivity index (χ1) is 13.3. The van der Waals surface area contributed by atoms with Gasteiger partial charge in [-0.2, -0.15) is 0 Å². The van der Waals surface area contributed by atoms with E-state index >= 15 is 0 Å². The number of fused-ring (bicyclic) bond motifs is 1. The van der Waals surface area contributed by atoms with Crippen LogP contribution in [-0.2, 0) is 17.2 Å². The van der Waals surface area contributed by atoms with Crippen molar-refractivity contribution in [2.24, 2.45) is 0 Å². The molecule has 0 unspecified atom stereocenters. The van der Waals surface area contributed by atoms with Gasteiger partial charge in [-0.1, -0.05) is 30.3 Å². The summed E-state index contributed by atoms with van der Waals surface area (Å²) in [5.41, 5.74) is 2.63. The van der Waals surface area contributed by atoms with E-state index in [4.69, 9.17) is 16.3 Å². The van der Waals surface area contributed by atoms with Crippen molar-refractivity contribution in [1.29, 1.82) is 0 Å². The molecule has 1 aliphatic rings. The fourth-order valence-corrected chi connectivity index (χ4v) is 3.78. The number of piperidine rings is 1. The first-order valence-electron chi connectivity index (χ1n) is 9.09. The lowest BCUT2D eigenvalue weighted by Gasteiger charge is -2.33. The minimum atomic E-state index is -0.284. The van der Waals surface area contributed by atoms with Gasteiger partial charge in [0.05, 0.1) is 11.9 Å². The first-order valence-corrected chi connectivity index (χ1v) is 9.63. The largest absolute Gasteiger partial charge is 0.445 e. The quantitative estimate of drug-likeness (QED) is 0.634. The summed E-state index contributed by atoms with van der Waals surface area (Å²) in [6.07, 6.45) is 3.33. The maximum absolute atomic E-state index is 12.5. The van der Waals surface area contributed by atoms with Crippen LogP contribution in [0, 0.1) is 0 Å². The molecule has 1 saturated heterocycles. The van der Waals surface area contributed by atoms with Gasteiger partial charge in [-0.15, -0.1) is 11.6 Å². The van der Waals surface area contributed by atoms with Gasteiger partial charge < -0.3 is 14.2 Å². The molecular formula is C20H21ClN4O2. The summed E-state index contributed by atoms with van der Waals surface area (Å²) in [7, 11) is 0. The van der Waals surface area contributed by atoms with Crippen LogP contribution in [0.2, 0.25) is 0 Å². The van der Waals surface area contributed by atoms with Crippen LogP contribution < -0.4 is 0 Å². The second-order valence-corrected chi connectivity index (χ2v) is 6.93. The molecule has 3 heterocycles. The minimum absolute atomic E-state index is 0.0941. The molecule has 0 saturated carbocycles. The summed E-state index contributed by atoms with van der Waals surface area (Å²) in [5.74, 6) is 1.10. The summed E-state index contributed by atoms with van der Waals surface area (Å²) in [6, 6.07) is 13.6. The molecule has 6 nitrogen and oxygen atoms in total. The van der Waals surface area contributed by atoms with Gasteiger partial charge in [0, 0.05) is 19.3 Å². The predicted molar refractivity (Wildman–Crippen MR) is 104 cm³/mol. The van der Waals surface area contributed by atoms with Crippen molar-refractivity contribution in [3.05, 3.63) is 60.0 Å². The van der Waals surface area contributed by atoms with Gasteiger partial charge in [-0.05, 0) is 30.5 Å². The smallest absolute Gasteiger partial charge is 0.410 e. The van der Waals surface area contributed by atoms with Crippen molar-refractivity contribution in [3.63, 3.8) is 0 Å². The molecule has 3 aromatic rings. The zero-order valence-corrected chi connectivity index (χ0v) is 15.7. The zero-order chi connectivity index (χ0) is 18.6. The Morgan fingerprint density at radius 3 is 2.89 bits per heavy atom. The Morgan fingerprint density at radius 1 is 1.22 bits per heavy atom. The van der Waals surface area contributed by atoms with Crippen molar-refractivity contribution in [2.75, 3.05) is 13.1 Å². The number of carbonyl (C=O) groups excluding carboxylic acids is 1. The minimum Gasteiger partial charge on any atom is -0.445 e. The number of amides is 1. The molecule has 27 heavy (non-hydrogen) atoms. The molecule has 1 atom stereocenters. The van der Waals surface area contributed by atoms with E-state index in [2.05, 4.69) is 14.5 Å². The van der Waals surface area contributed by atoms with E-state index in [0.717, 1.165) is 35.4 Å². The van der Waals surface area contributed by atoms with Crippen molar-refractivity contribution < 1.29 is 9.53 Å². The fourth-order valence-electron chi connectivity index (χ4n) is 3.60. The highest BCUT2D eigenvalue weighted by Gasteiger charge is 2.28. The molecule has 0 aliphatic carbocycles. The van der Waals surface area contributed by atoms with Crippen LogP contribution in [0.15, 0.2) is 48.7 Å². The van der Waals surface area contributed by atoms with E-state index in [0.29, 0.717) is 19.0 Å². The second kappa shape index (κ2) is 7.96. The topological polar surface area (TPSA) is 60.2 Å². The molecule has 2 aromatic heterocycles. The Kier molecular flexibility index (Phi) is 5.25. The van der Waals surface area contributed by atoms with Crippen LogP contribution in [0.3, 0.4) is 0 Å². The number of likely N-dealkylation sites (tertiary alicyclic amines) is 1. The summed E-state index contributed by atoms with van der Waals surface area (Å²) < 4.78 is 7.58. The third-order valence-corrected chi connectivity index (χ3v) is 5.11. The number of nitrogens with zero attached hydrogens (tertiary/aromatic N) is 4. The highest BCUT2D eigenvalue weighted by atomic mass is 35.5. The number of ether oxygens (including phenoxy) is 1. The number of pyridine rings is 1. The summed E-state index contributed by atoms with van der Waals surface area (Å²) in [4.78, 5) is 23.4. The van der Waals surface area contributed by atoms with Gasteiger partial charge in [0.1, 0.15) is 17.9 Å². The summed E-state index contributed by atoms with van der Waals surface area (Å²) in [5, 5.41) is 0. The van der Waals surface area contributed by atoms with Crippen LogP contribution in [0.25, 0.3) is 11.2 Å². The van der Waals surface area contributed by atoms with Gasteiger partial charge >= 0.3 is 6.09 Å². The standard InChI is InChI=1S/C20H21ClN4O2/c21-12-18-23-17-9-4-10-22-19(17)25(18)16-8-5-11-24(13-16)20(26)27-14-15-6-2-1-3-7-15/h1-4,6-7,9-10,16H,5,8,11-14H2/t16-/m1/s1. The molecule has 0 bridgehead atoms. The Hall–Kier alpha value is -2.60. The number of halogens is 1. The van der Waals surface area contributed by atoms with Crippen LogP contribution in [0.1, 0.15) is 30.3 Å². The number of rotatable bonds is 4. The molecule has 0 spiro atoms. The molecule has 7 heteroatoms. The summed E-state index contributed by atoms with van der Waals surface area (Å²) in [6.45, 7) is 1.54. The molecule has 0 radical (unpaired) electrons. The van der Waals surface area contributed by atoms with Crippen molar-refractivity contribution in [1.82, 2.24) is 19.4 Å². The number of hydrogen-bond acceptors (Lipinski definition) is 4. The van der Waals surface area contributed by atoms with E-state index in [1.165, 1.54) is 0 Å². The molecule has 0 N–H and O–H groups in total. The van der Waals surface area contributed by atoms with Gasteiger partial charge in [-0.25, -0.2) is 14.8 Å². The molecule has 4 rings (SSSR count). The fraction of sp³-hybridized carbons (Fsp3) is 0.350. The molecule has 1 aliphatic heterocycles. The number of imidazole rings is 1. The number of carbonyl (C=O) groups is 1. The van der Waals surface area contributed by atoms with Gasteiger partial charge in [0.15, 0.2) is 5.65 Å². The molecule has 1 fully saturated rings. The number of hydrogen-bond donors (Lipinski definition) is 0. The number of aromatic nitrogens is 3. The second-order valence-electron chi connectivity index (χ2n) is 6.66. The Labute approximate surface area is 162 Å². The lowest BCUT2D eigenvalue weighted by Crippen LogP contribution is -2.41. The van der Waals surface area contributed by atoms with Gasteiger partial charge in [-0.3, -0.25) is 0 Å². The Bertz CT molecular complexity index is 928. The third kappa shape index (κ3) is 3.76. The van der Waals surface area contributed by atoms with Crippen LogP contribution in [0.4, 0.5) is 4.79 Å². The van der Waals surface area contributed by atoms with Crippen molar-refractivity contribution in [2.45, 2.75) is 31.4 Å². The lowest BCUT2D eigenvalue weighted by atomic mass is 10.1. The molecule has 1 amide bonds. The average Bonchev–Trinajstić information content (AvgIpc) is 3.11. The normalized spacial score (nSPS) is 17.2. The van der Waals surface area contributed by atoms with E-state index in [-0.39, 0.29) is 18.7 Å². The van der Waals surface area contributed by atoms with Crippen molar-refractivity contribution in [3.8, 4) is 0 Å². The maximum atomic E-state index is 12.5. The molecule has 140 valence electrons. The van der Waals surface area contributed by atoms with Crippen LogP contribution in [0.5, 0.6) is 0 Å². The van der Waals surface area contributed by atoms with Crippen LogP contribution >= 0.6 is 11.6 Å². The van der Waals surface area contributed by atoms with Gasteiger partial charge in [0.2, 0.25) is 0 Å². The van der Waals surface area contributed by atoms with E-state index in [9.17, 15) is 4.79 Å². The number of alkyl halides is 1. The highest BCUT2D eigenvalue weighted by molar-refractivity contribution is 6.16. The summed E-state index contributed by atoms with van der Waals surface area (Å²) >= 11 is 6.12. The van der Waals surface area contributed by atoms with Gasteiger partial charge in [0.25, 0.3) is 0 Å². The average molecular weight is 385 g/mol. The lowest BCUT2D eigenvalue weighted by molar-refractivity contribution is 0.0803. The predicted octanol–water partition coefficient (Wildman–Crippen LogP) is 4.14. The van der Waals surface area contributed by atoms with E-state index in [1.54, 1.807) is 11.1 Å². The monoisotopic (exact) mass is 384 g/mol. The molecule has 1 aromatic carbocycles. The van der Waals surface area contributed by atoms with Crippen molar-refractivity contribution >= 4 is 28.9 Å². The maximum Gasteiger partial charge on any atom is 0.410 e. The zero-order valence-electron chi connectivity index (χ0n) is 14.9. The third-order valence-electron chi connectivity index (χ3n) is 4.87. The van der Waals surface area contributed by atoms with E-state index < -0.39 is 0 Å². The van der Waals surface area contributed by atoms with E-state index in [1.807, 2.05) is 42.5 Å². The Morgan fingerprint density at radius 2 is 2.07 bits per heavy atom. The number of benzene rings is 1. The SMILES string of the molecule is O=C(OCc1ccccc1)N1CCC[C@@H](n2c(CCl)nc3cccnc32)C1.